The van der Waals surface area contributed by atoms with Gasteiger partial charge in [0.05, 0.1) is 6.54 Å². The summed E-state index contributed by atoms with van der Waals surface area (Å²) < 4.78 is 25.8. The van der Waals surface area contributed by atoms with Crippen LogP contribution in [0.2, 0.25) is 0 Å². The lowest BCUT2D eigenvalue weighted by atomic mass is 10.0. The van der Waals surface area contributed by atoms with Crippen LogP contribution >= 0.6 is 0 Å². The van der Waals surface area contributed by atoms with E-state index in [4.69, 9.17) is 0 Å². The summed E-state index contributed by atoms with van der Waals surface area (Å²) in [5.41, 5.74) is 0.286. The van der Waals surface area contributed by atoms with Crippen molar-refractivity contribution in [3.8, 4) is 0 Å². The quantitative estimate of drug-likeness (QED) is 0.914. The second-order valence-electron chi connectivity index (χ2n) is 4.99. The first kappa shape index (κ1) is 13.9. The minimum atomic E-state index is -0.954. The molecule has 0 aliphatic carbocycles. The van der Waals surface area contributed by atoms with Gasteiger partial charge >= 0.3 is 0 Å². The van der Waals surface area contributed by atoms with E-state index in [0.717, 1.165) is 31.5 Å². The SMILES string of the molecule is CC1CCCCN1CC(=O)Nc1ccc(F)c(F)c1. The fourth-order valence-electron chi connectivity index (χ4n) is 2.35. The first-order chi connectivity index (χ1) is 9.06. The Morgan fingerprint density at radius 3 is 2.84 bits per heavy atom. The number of benzene rings is 1. The van der Waals surface area contributed by atoms with Gasteiger partial charge in [0.1, 0.15) is 0 Å². The molecule has 19 heavy (non-hydrogen) atoms. The van der Waals surface area contributed by atoms with E-state index >= 15 is 0 Å². The van der Waals surface area contributed by atoms with Crippen LogP contribution in [0.15, 0.2) is 18.2 Å². The zero-order valence-electron chi connectivity index (χ0n) is 11.0. The van der Waals surface area contributed by atoms with Gasteiger partial charge in [0.25, 0.3) is 0 Å². The van der Waals surface area contributed by atoms with Crippen LogP contribution in [0.1, 0.15) is 26.2 Å². The molecule has 3 nitrogen and oxygen atoms in total. The van der Waals surface area contributed by atoms with E-state index < -0.39 is 11.6 Å². The molecule has 1 amide bonds. The maximum absolute atomic E-state index is 13.0. The second-order valence-corrected chi connectivity index (χ2v) is 4.99. The van der Waals surface area contributed by atoms with Gasteiger partial charge in [-0.05, 0) is 38.4 Å². The zero-order valence-corrected chi connectivity index (χ0v) is 11.0. The molecule has 0 bridgehead atoms. The summed E-state index contributed by atoms with van der Waals surface area (Å²) in [4.78, 5) is 14.0. The third-order valence-electron chi connectivity index (χ3n) is 3.49. The van der Waals surface area contributed by atoms with E-state index in [9.17, 15) is 13.6 Å². The number of hydrogen-bond donors (Lipinski definition) is 1. The highest BCUT2D eigenvalue weighted by Gasteiger charge is 2.20. The highest BCUT2D eigenvalue weighted by atomic mass is 19.2. The summed E-state index contributed by atoms with van der Waals surface area (Å²) in [5.74, 6) is -2.06. The maximum atomic E-state index is 13.0. The Kier molecular flexibility index (Phi) is 4.47. The Bertz CT molecular complexity index is 465. The minimum Gasteiger partial charge on any atom is -0.325 e. The average molecular weight is 268 g/mol. The van der Waals surface area contributed by atoms with E-state index in [0.29, 0.717) is 12.6 Å². The molecule has 1 N–H and O–H groups in total. The normalized spacial score (nSPS) is 20.3. The maximum Gasteiger partial charge on any atom is 0.238 e. The van der Waals surface area contributed by atoms with Crippen molar-refractivity contribution in [2.24, 2.45) is 0 Å². The first-order valence-electron chi connectivity index (χ1n) is 6.55. The topological polar surface area (TPSA) is 32.3 Å². The summed E-state index contributed by atoms with van der Waals surface area (Å²) in [6.45, 7) is 3.30. The number of nitrogens with one attached hydrogen (secondary N) is 1. The molecule has 1 atom stereocenters. The standard InChI is InChI=1S/C14H18F2N2O/c1-10-4-2-3-7-18(10)9-14(19)17-11-5-6-12(15)13(16)8-11/h5-6,8,10H,2-4,7,9H2,1H3,(H,17,19). The van der Waals surface area contributed by atoms with E-state index in [-0.39, 0.29) is 11.6 Å². The number of anilines is 1. The molecule has 0 radical (unpaired) electrons. The lowest BCUT2D eigenvalue weighted by Crippen LogP contribution is -2.42. The van der Waals surface area contributed by atoms with Crippen molar-refractivity contribution < 1.29 is 13.6 Å². The molecule has 1 aliphatic heterocycles. The van der Waals surface area contributed by atoms with Gasteiger partial charge in [-0.3, -0.25) is 9.69 Å². The van der Waals surface area contributed by atoms with E-state index in [1.165, 1.54) is 12.5 Å². The molecule has 0 saturated carbocycles. The monoisotopic (exact) mass is 268 g/mol. The van der Waals surface area contributed by atoms with Gasteiger partial charge in [0.15, 0.2) is 11.6 Å². The van der Waals surface area contributed by atoms with Gasteiger partial charge in [0.2, 0.25) is 5.91 Å². The lowest BCUT2D eigenvalue weighted by Gasteiger charge is -2.32. The van der Waals surface area contributed by atoms with Crippen LogP contribution in [0.3, 0.4) is 0 Å². The molecule has 0 aromatic heterocycles. The van der Waals surface area contributed by atoms with Crippen LogP contribution in [-0.4, -0.2) is 29.9 Å². The number of likely N-dealkylation sites (tertiary alicyclic amines) is 1. The largest absolute Gasteiger partial charge is 0.325 e. The van der Waals surface area contributed by atoms with Gasteiger partial charge in [0, 0.05) is 17.8 Å². The lowest BCUT2D eigenvalue weighted by molar-refractivity contribution is -0.118. The second kappa shape index (κ2) is 6.10. The van der Waals surface area contributed by atoms with E-state index in [1.807, 2.05) is 0 Å². The minimum absolute atomic E-state index is 0.195. The molecule has 1 aromatic carbocycles. The summed E-state index contributed by atoms with van der Waals surface area (Å²) in [6.07, 6.45) is 3.39. The average Bonchev–Trinajstić information content (AvgIpc) is 2.37. The highest BCUT2D eigenvalue weighted by Crippen LogP contribution is 2.17. The Labute approximate surface area is 111 Å². The molecule has 1 fully saturated rings. The summed E-state index contributed by atoms with van der Waals surface area (Å²) in [5, 5.41) is 2.59. The molecule has 5 heteroatoms. The van der Waals surface area contributed by atoms with Gasteiger partial charge in [-0.15, -0.1) is 0 Å². The van der Waals surface area contributed by atoms with Crippen LogP contribution in [-0.2, 0) is 4.79 Å². The fourth-order valence-corrected chi connectivity index (χ4v) is 2.35. The number of amides is 1. The van der Waals surface area contributed by atoms with Gasteiger partial charge in [-0.2, -0.15) is 0 Å². The number of carbonyl (C=O) groups is 1. The third kappa shape index (κ3) is 3.73. The number of nitrogens with zero attached hydrogens (tertiary/aromatic N) is 1. The van der Waals surface area contributed by atoms with Crippen molar-refractivity contribution in [2.75, 3.05) is 18.4 Å². The number of rotatable bonds is 3. The van der Waals surface area contributed by atoms with Crippen LogP contribution in [0.5, 0.6) is 0 Å². The van der Waals surface area contributed by atoms with Crippen LogP contribution in [0, 0.1) is 11.6 Å². The van der Waals surface area contributed by atoms with Crippen molar-refractivity contribution in [1.29, 1.82) is 0 Å². The van der Waals surface area contributed by atoms with E-state index in [2.05, 4.69) is 17.1 Å². The van der Waals surface area contributed by atoms with Crippen molar-refractivity contribution in [3.05, 3.63) is 29.8 Å². The Morgan fingerprint density at radius 2 is 2.16 bits per heavy atom. The van der Waals surface area contributed by atoms with Crippen molar-refractivity contribution in [1.82, 2.24) is 4.90 Å². The Balaban J connectivity index is 1.91. The molecule has 2 rings (SSSR count). The summed E-state index contributed by atoms with van der Waals surface area (Å²) in [6, 6.07) is 3.75. The molecule has 1 aromatic rings. The zero-order chi connectivity index (χ0) is 13.8. The molecule has 0 spiro atoms. The van der Waals surface area contributed by atoms with Crippen LogP contribution in [0.25, 0.3) is 0 Å². The van der Waals surface area contributed by atoms with Gasteiger partial charge < -0.3 is 5.32 Å². The molecule has 104 valence electrons. The Morgan fingerprint density at radius 1 is 1.37 bits per heavy atom. The number of piperidine rings is 1. The predicted molar refractivity (Wildman–Crippen MR) is 69.9 cm³/mol. The van der Waals surface area contributed by atoms with Crippen molar-refractivity contribution >= 4 is 11.6 Å². The Hall–Kier alpha value is -1.49. The van der Waals surface area contributed by atoms with Crippen LogP contribution in [0.4, 0.5) is 14.5 Å². The number of hydrogen-bond acceptors (Lipinski definition) is 2. The fraction of sp³-hybridized carbons (Fsp3) is 0.500. The predicted octanol–water partition coefficient (Wildman–Crippen LogP) is 2.78. The smallest absolute Gasteiger partial charge is 0.238 e. The molecular weight excluding hydrogens is 250 g/mol. The molecule has 1 unspecified atom stereocenters. The summed E-state index contributed by atoms with van der Waals surface area (Å²) in [7, 11) is 0. The number of carbonyl (C=O) groups excluding carboxylic acids is 1. The molecular formula is C14H18F2N2O. The van der Waals surface area contributed by atoms with Gasteiger partial charge in [-0.25, -0.2) is 8.78 Å². The number of halogens is 2. The summed E-state index contributed by atoms with van der Waals surface area (Å²) >= 11 is 0. The first-order valence-corrected chi connectivity index (χ1v) is 6.55. The highest BCUT2D eigenvalue weighted by molar-refractivity contribution is 5.92. The van der Waals surface area contributed by atoms with Crippen molar-refractivity contribution in [3.63, 3.8) is 0 Å². The molecule has 1 saturated heterocycles. The van der Waals surface area contributed by atoms with Crippen molar-refractivity contribution in [2.45, 2.75) is 32.2 Å². The third-order valence-corrected chi connectivity index (χ3v) is 3.49. The molecule has 1 heterocycles. The van der Waals surface area contributed by atoms with E-state index in [1.54, 1.807) is 0 Å². The van der Waals surface area contributed by atoms with Gasteiger partial charge in [-0.1, -0.05) is 6.42 Å². The molecule has 1 aliphatic rings. The van der Waals surface area contributed by atoms with Crippen LogP contribution < -0.4 is 5.32 Å².